The molecule has 16 heavy (non-hydrogen) atoms. The lowest BCUT2D eigenvalue weighted by molar-refractivity contribution is 0.322. The molecule has 5 nitrogen and oxygen atoms in total. The minimum absolute atomic E-state index is 0.245. The van der Waals surface area contributed by atoms with Crippen molar-refractivity contribution in [2.75, 3.05) is 0 Å². The topological polar surface area (TPSA) is 63.3 Å². The Morgan fingerprint density at radius 3 is 2.88 bits per heavy atom. The molecule has 0 bridgehead atoms. The molecule has 0 unspecified atom stereocenters. The largest absolute Gasteiger partial charge is 0.411 e. The maximum atomic E-state index is 8.59. The molecule has 0 aliphatic rings. The Labute approximate surface area is 97.4 Å². The van der Waals surface area contributed by atoms with E-state index >= 15 is 0 Å². The number of halogens is 1. The molecule has 0 atom stereocenters. The summed E-state index contributed by atoms with van der Waals surface area (Å²) in [6.07, 6.45) is 4.59. The van der Waals surface area contributed by atoms with Gasteiger partial charge in [0.05, 0.1) is 11.6 Å². The second-order valence-electron chi connectivity index (χ2n) is 3.69. The van der Waals surface area contributed by atoms with Crippen LogP contribution >= 0.6 is 11.6 Å². The average Bonchev–Trinajstić information content (AvgIpc) is 2.59. The van der Waals surface area contributed by atoms with E-state index in [4.69, 9.17) is 16.8 Å². The van der Waals surface area contributed by atoms with Crippen molar-refractivity contribution < 1.29 is 5.21 Å². The second-order valence-corrected chi connectivity index (χ2v) is 4.05. The zero-order valence-corrected chi connectivity index (χ0v) is 9.68. The molecule has 0 amide bonds. The van der Waals surface area contributed by atoms with Crippen molar-refractivity contribution in [2.24, 2.45) is 5.16 Å². The fourth-order valence-corrected chi connectivity index (χ4v) is 1.87. The van der Waals surface area contributed by atoms with Gasteiger partial charge in [-0.2, -0.15) is 0 Å². The van der Waals surface area contributed by atoms with Crippen LogP contribution in [0.3, 0.4) is 0 Å². The Morgan fingerprint density at radius 1 is 1.50 bits per heavy atom. The second kappa shape index (κ2) is 4.09. The fraction of sp³-hybridized carbons (Fsp3) is 0.300. The number of hydrogen-bond donors (Lipinski definition) is 1. The molecule has 2 heterocycles. The minimum atomic E-state index is 0.245. The van der Waals surface area contributed by atoms with E-state index in [0.29, 0.717) is 16.1 Å². The molecule has 2 aromatic rings. The first-order chi connectivity index (χ1) is 7.65. The first-order valence-corrected chi connectivity index (χ1v) is 5.21. The average molecular weight is 239 g/mol. The Hall–Kier alpha value is -1.62. The van der Waals surface area contributed by atoms with Crippen LogP contribution < -0.4 is 0 Å². The Balaban J connectivity index is 2.81. The summed E-state index contributed by atoms with van der Waals surface area (Å²) in [6.45, 7) is 4.07. The van der Waals surface area contributed by atoms with Gasteiger partial charge in [0.2, 0.25) is 0 Å². The van der Waals surface area contributed by atoms with E-state index in [1.807, 2.05) is 24.6 Å². The first-order valence-electron chi connectivity index (χ1n) is 4.83. The van der Waals surface area contributed by atoms with E-state index in [0.717, 1.165) is 5.65 Å². The van der Waals surface area contributed by atoms with Gasteiger partial charge in [-0.05, 0) is 13.8 Å². The summed E-state index contributed by atoms with van der Waals surface area (Å²) in [6, 6.07) is 0.245. The third-order valence-electron chi connectivity index (χ3n) is 2.35. The molecule has 0 aliphatic heterocycles. The van der Waals surface area contributed by atoms with E-state index in [1.54, 1.807) is 0 Å². The summed E-state index contributed by atoms with van der Waals surface area (Å²) in [5, 5.41) is 12.7. The molecular weight excluding hydrogens is 228 g/mol. The summed E-state index contributed by atoms with van der Waals surface area (Å²) in [7, 11) is 0. The lowest BCUT2D eigenvalue weighted by Gasteiger charge is -2.07. The van der Waals surface area contributed by atoms with Crippen LogP contribution in [0.5, 0.6) is 0 Å². The Morgan fingerprint density at radius 2 is 2.25 bits per heavy atom. The predicted molar refractivity (Wildman–Crippen MR) is 62.3 cm³/mol. The molecule has 2 rings (SSSR count). The molecule has 0 saturated carbocycles. The van der Waals surface area contributed by atoms with Crippen LogP contribution in [0.1, 0.15) is 25.5 Å². The van der Waals surface area contributed by atoms with Gasteiger partial charge in [0.25, 0.3) is 0 Å². The molecule has 0 spiro atoms. The molecule has 1 N–H and O–H groups in total. The standard InChI is InChI=1S/C10H11ClN4O/c1-6(2)15-4-7(3-14-16)8-9(11)12-5-13-10(8)15/h3-6,16H,1-2H3. The number of nitrogens with zero attached hydrogens (tertiary/aromatic N) is 4. The first kappa shape index (κ1) is 10.9. The SMILES string of the molecule is CC(C)n1cc(C=NO)c2c(Cl)ncnc21. The number of rotatable bonds is 2. The highest BCUT2D eigenvalue weighted by molar-refractivity contribution is 6.35. The maximum Gasteiger partial charge on any atom is 0.145 e. The van der Waals surface area contributed by atoms with E-state index < -0.39 is 0 Å². The fourth-order valence-electron chi connectivity index (χ4n) is 1.63. The van der Waals surface area contributed by atoms with Gasteiger partial charge in [-0.25, -0.2) is 9.97 Å². The zero-order valence-electron chi connectivity index (χ0n) is 8.92. The van der Waals surface area contributed by atoms with Gasteiger partial charge in [0.15, 0.2) is 0 Å². The number of fused-ring (bicyclic) bond motifs is 1. The highest BCUT2D eigenvalue weighted by Gasteiger charge is 2.14. The zero-order chi connectivity index (χ0) is 11.7. The van der Waals surface area contributed by atoms with Crippen molar-refractivity contribution in [3.63, 3.8) is 0 Å². The van der Waals surface area contributed by atoms with Crippen LogP contribution in [0.4, 0.5) is 0 Å². The van der Waals surface area contributed by atoms with Gasteiger partial charge < -0.3 is 9.77 Å². The predicted octanol–water partition coefficient (Wildman–Crippen LogP) is 2.47. The molecule has 0 saturated heterocycles. The smallest absolute Gasteiger partial charge is 0.145 e. The normalized spacial score (nSPS) is 12.0. The van der Waals surface area contributed by atoms with Crippen molar-refractivity contribution >= 4 is 28.8 Å². The Kier molecular flexibility index (Phi) is 2.78. The highest BCUT2D eigenvalue weighted by atomic mass is 35.5. The van der Waals surface area contributed by atoms with Gasteiger partial charge in [-0.15, -0.1) is 0 Å². The third-order valence-corrected chi connectivity index (χ3v) is 2.63. The van der Waals surface area contributed by atoms with Gasteiger partial charge in [-0.1, -0.05) is 16.8 Å². The van der Waals surface area contributed by atoms with E-state index in [9.17, 15) is 0 Å². The van der Waals surface area contributed by atoms with Gasteiger partial charge in [0, 0.05) is 17.8 Å². The number of hydrogen-bond acceptors (Lipinski definition) is 4. The van der Waals surface area contributed by atoms with Gasteiger partial charge >= 0.3 is 0 Å². The van der Waals surface area contributed by atoms with Crippen molar-refractivity contribution in [1.82, 2.24) is 14.5 Å². The lowest BCUT2D eigenvalue weighted by atomic mass is 10.3. The van der Waals surface area contributed by atoms with Crippen LogP contribution in [-0.4, -0.2) is 26.0 Å². The summed E-state index contributed by atoms with van der Waals surface area (Å²) in [5.41, 5.74) is 1.45. The summed E-state index contributed by atoms with van der Waals surface area (Å²) in [5.74, 6) is 0. The van der Waals surface area contributed by atoms with Crippen molar-refractivity contribution in [1.29, 1.82) is 0 Å². The van der Waals surface area contributed by atoms with Gasteiger partial charge in [-0.3, -0.25) is 0 Å². The minimum Gasteiger partial charge on any atom is -0.411 e. The summed E-state index contributed by atoms with van der Waals surface area (Å²) >= 11 is 6.01. The monoisotopic (exact) mass is 238 g/mol. The van der Waals surface area contributed by atoms with Crippen molar-refractivity contribution in [3.8, 4) is 0 Å². The summed E-state index contributed by atoms with van der Waals surface area (Å²) in [4.78, 5) is 8.11. The third kappa shape index (κ3) is 1.63. The van der Waals surface area contributed by atoms with E-state index in [1.165, 1.54) is 12.5 Å². The number of aromatic nitrogens is 3. The molecule has 0 aliphatic carbocycles. The van der Waals surface area contributed by atoms with Crippen molar-refractivity contribution in [3.05, 3.63) is 23.2 Å². The van der Waals surface area contributed by atoms with Crippen LogP contribution in [0, 0.1) is 0 Å². The van der Waals surface area contributed by atoms with Crippen LogP contribution in [0.25, 0.3) is 11.0 Å². The molecule has 2 aromatic heterocycles. The van der Waals surface area contributed by atoms with Gasteiger partial charge in [0.1, 0.15) is 17.1 Å². The van der Waals surface area contributed by atoms with Crippen molar-refractivity contribution in [2.45, 2.75) is 19.9 Å². The quantitative estimate of drug-likeness (QED) is 0.378. The highest BCUT2D eigenvalue weighted by Crippen LogP contribution is 2.26. The Bertz CT molecular complexity index is 547. The van der Waals surface area contributed by atoms with Crippen LogP contribution in [0.15, 0.2) is 17.7 Å². The van der Waals surface area contributed by atoms with E-state index in [2.05, 4.69) is 15.1 Å². The molecular formula is C10H11ClN4O. The molecule has 0 aromatic carbocycles. The number of oxime groups is 1. The van der Waals surface area contributed by atoms with E-state index in [-0.39, 0.29) is 6.04 Å². The molecule has 84 valence electrons. The molecule has 0 fully saturated rings. The lowest BCUT2D eigenvalue weighted by Crippen LogP contribution is -1.99. The molecule has 0 radical (unpaired) electrons. The van der Waals surface area contributed by atoms with Crippen LogP contribution in [0.2, 0.25) is 5.15 Å². The maximum absolute atomic E-state index is 8.59. The van der Waals surface area contributed by atoms with Crippen LogP contribution in [-0.2, 0) is 0 Å². The summed E-state index contributed by atoms with van der Waals surface area (Å²) < 4.78 is 1.96. The molecule has 6 heteroatoms.